The van der Waals surface area contributed by atoms with Crippen LogP contribution in [0.4, 0.5) is 0 Å². The average molecular weight is 218 g/mol. The predicted octanol–water partition coefficient (Wildman–Crippen LogP) is -0.247. The van der Waals surface area contributed by atoms with Crippen LogP contribution in [0.25, 0.3) is 0 Å². The topological polar surface area (TPSA) is 72.2 Å². The molecule has 82 valence electrons. The lowest BCUT2D eigenvalue weighted by molar-refractivity contribution is -0.122. The van der Waals surface area contributed by atoms with Crippen molar-refractivity contribution in [3.05, 3.63) is 0 Å². The van der Waals surface area contributed by atoms with Crippen molar-refractivity contribution >= 4 is 16.7 Å². The summed E-state index contributed by atoms with van der Waals surface area (Å²) in [4.78, 5) is 11.3. The molecule has 0 aliphatic heterocycles. The van der Waals surface area contributed by atoms with Crippen molar-refractivity contribution in [2.45, 2.75) is 31.2 Å². The lowest BCUT2D eigenvalue weighted by atomic mass is 9.75. The number of hydrogen-bond donors (Lipinski definition) is 2. The van der Waals surface area contributed by atoms with E-state index in [4.69, 9.17) is 5.73 Å². The zero-order chi connectivity index (χ0) is 10.6. The molecule has 1 rings (SSSR count). The quantitative estimate of drug-likeness (QED) is 0.668. The van der Waals surface area contributed by atoms with E-state index >= 15 is 0 Å². The van der Waals surface area contributed by atoms with Gasteiger partial charge in [-0.2, -0.15) is 0 Å². The van der Waals surface area contributed by atoms with Crippen LogP contribution in [0.15, 0.2) is 0 Å². The predicted molar refractivity (Wildman–Crippen MR) is 57.3 cm³/mol. The van der Waals surface area contributed by atoms with Gasteiger partial charge < -0.3 is 11.1 Å². The number of hydrogen-bond acceptors (Lipinski definition) is 3. The summed E-state index contributed by atoms with van der Waals surface area (Å²) in [5.41, 5.74) is 5.66. The van der Waals surface area contributed by atoms with Crippen molar-refractivity contribution in [2.75, 3.05) is 18.6 Å². The standard InChI is InChI=1S/C9H18N2O2S/c1-14(13)6-5-11-8(12)7-9(10)3-2-4-9/h2-7,10H2,1H3,(H,11,12). The van der Waals surface area contributed by atoms with Gasteiger partial charge in [-0.15, -0.1) is 0 Å². The van der Waals surface area contributed by atoms with Gasteiger partial charge in [-0.1, -0.05) is 0 Å². The van der Waals surface area contributed by atoms with Crippen LogP contribution >= 0.6 is 0 Å². The van der Waals surface area contributed by atoms with Gasteiger partial charge in [0.1, 0.15) is 0 Å². The van der Waals surface area contributed by atoms with Gasteiger partial charge in [0.05, 0.1) is 0 Å². The second-order valence-corrected chi connectivity index (χ2v) is 5.57. The Kier molecular flexibility index (Phi) is 4.07. The van der Waals surface area contributed by atoms with E-state index in [1.807, 2.05) is 0 Å². The monoisotopic (exact) mass is 218 g/mol. The molecule has 0 bridgehead atoms. The Balaban J connectivity index is 2.13. The molecule has 1 amide bonds. The van der Waals surface area contributed by atoms with Crippen molar-refractivity contribution in [2.24, 2.45) is 5.73 Å². The highest BCUT2D eigenvalue weighted by atomic mass is 32.2. The largest absolute Gasteiger partial charge is 0.355 e. The first-order valence-electron chi connectivity index (χ1n) is 4.87. The molecular formula is C9H18N2O2S. The van der Waals surface area contributed by atoms with Crippen LogP contribution in [0.3, 0.4) is 0 Å². The highest BCUT2D eigenvalue weighted by Gasteiger charge is 2.34. The zero-order valence-corrected chi connectivity index (χ0v) is 9.36. The third kappa shape index (κ3) is 3.75. The average Bonchev–Trinajstić information content (AvgIpc) is 2.00. The van der Waals surface area contributed by atoms with Crippen LogP contribution in [0, 0.1) is 0 Å². The number of rotatable bonds is 5. The summed E-state index contributed by atoms with van der Waals surface area (Å²) in [6.07, 6.45) is 5.05. The van der Waals surface area contributed by atoms with E-state index < -0.39 is 10.8 Å². The molecule has 1 unspecified atom stereocenters. The van der Waals surface area contributed by atoms with Gasteiger partial charge in [0.15, 0.2) is 0 Å². The maximum atomic E-state index is 11.3. The van der Waals surface area contributed by atoms with Gasteiger partial charge in [-0.3, -0.25) is 9.00 Å². The second kappa shape index (κ2) is 4.89. The Hall–Kier alpha value is -0.420. The Labute approximate surface area is 87.1 Å². The smallest absolute Gasteiger partial charge is 0.221 e. The molecule has 0 spiro atoms. The zero-order valence-electron chi connectivity index (χ0n) is 8.54. The third-order valence-corrected chi connectivity index (χ3v) is 3.35. The van der Waals surface area contributed by atoms with E-state index in [1.165, 1.54) is 0 Å². The first-order valence-corrected chi connectivity index (χ1v) is 6.60. The minimum absolute atomic E-state index is 0.0161. The SMILES string of the molecule is CS(=O)CCNC(=O)CC1(N)CCC1. The molecule has 1 atom stereocenters. The highest BCUT2D eigenvalue weighted by Crippen LogP contribution is 2.31. The van der Waals surface area contributed by atoms with Gasteiger partial charge in [-0.25, -0.2) is 0 Å². The summed E-state index contributed by atoms with van der Waals surface area (Å²) in [6, 6.07) is 0. The Morgan fingerprint density at radius 1 is 1.57 bits per heavy atom. The van der Waals surface area contributed by atoms with Crippen molar-refractivity contribution < 1.29 is 9.00 Å². The fourth-order valence-electron chi connectivity index (χ4n) is 1.52. The minimum atomic E-state index is -0.839. The molecule has 0 saturated heterocycles. The molecule has 14 heavy (non-hydrogen) atoms. The van der Waals surface area contributed by atoms with Crippen LogP contribution in [0.1, 0.15) is 25.7 Å². The molecular weight excluding hydrogens is 200 g/mol. The molecule has 0 aromatic rings. The van der Waals surface area contributed by atoms with Gasteiger partial charge in [0.2, 0.25) is 5.91 Å². The highest BCUT2D eigenvalue weighted by molar-refractivity contribution is 7.84. The number of nitrogens with two attached hydrogens (primary N) is 1. The van der Waals surface area contributed by atoms with E-state index in [9.17, 15) is 9.00 Å². The first kappa shape index (κ1) is 11.7. The third-order valence-electron chi connectivity index (χ3n) is 2.57. The van der Waals surface area contributed by atoms with Crippen LogP contribution < -0.4 is 11.1 Å². The molecule has 3 N–H and O–H groups in total. The van der Waals surface area contributed by atoms with Crippen molar-refractivity contribution in [3.8, 4) is 0 Å². The Bertz CT molecular complexity index is 239. The molecule has 4 nitrogen and oxygen atoms in total. The van der Waals surface area contributed by atoms with Crippen LogP contribution in [-0.4, -0.2) is 34.2 Å². The van der Waals surface area contributed by atoms with E-state index in [1.54, 1.807) is 6.26 Å². The maximum Gasteiger partial charge on any atom is 0.221 e. The van der Waals surface area contributed by atoms with Crippen molar-refractivity contribution in [1.82, 2.24) is 5.32 Å². The summed E-state index contributed by atoms with van der Waals surface area (Å²) in [6.45, 7) is 0.484. The second-order valence-electron chi connectivity index (χ2n) is 4.02. The van der Waals surface area contributed by atoms with Crippen LogP contribution in [0.2, 0.25) is 0 Å². The summed E-state index contributed by atoms with van der Waals surface area (Å²) in [7, 11) is -0.839. The van der Waals surface area contributed by atoms with E-state index in [0.717, 1.165) is 19.3 Å². The molecule has 0 aromatic carbocycles. The van der Waals surface area contributed by atoms with Gasteiger partial charge in [-0.05, 0) is 19.3 Å². The summed E-state index contributed by atoms with van der Waals surface area (Å²) >= 11 is 0. The first-order chi connectivity index (χ1) is 6.52. The van der Waals surface area contributed by atoms with Gasteiger partial charge >= 0.3 is 0 Å². The minimum Gasteiger partial charge on any atom is -0.355 e. The molecule has 0 radical (unpaired) electrons. The van der Waals surface area contributed by atoms with E-state index in [-0.39, 0.29) is 11.4 Å². The maximum absolute atomic E-state index is 11.3. The molecule has 0 aromatic heterocycles. The van der Waals surface area contributed by atoms with Crippen molar-refractivity contribution in [1.29, 1.82) is 0 Å². The number of nitrogens with one attached hydrogen (secondary N) is 1. The lowest BCUT2D eigenvalue weighted by Gasteiger charge is -2.37. The normalized spacial score (nSPS) is 21.0. The van der Waals surface area contributed by atoms with E-state index in [0.29, 0.717) is 18.7 Å². The lowest BCUT2D eigenvalue weighted by Crippen LogP contribution is -2.50. The van der Waals surface area contributed by atoms with E-state index in [2.05, 4.69) is 5.32 Å². The molecule has 0 heterocycles. The summed E-state index contributed by atoms with van der Waals surface area (Å²) in [5, 5.41) is 2.73. The van der Waals surface area contributed by atoms with Gasteiger partial charge in [0, 0.05) is 41.3 Å². The Morgan fingerprint density at radius 3 is 2.64 bits per heavy atom. The fraction of sp³-hybridized carbons (Fsp3) is 0.889. The van der Waals surface area contributed by atoms with Gasteiger partial charge in [0.25, 0.3) is 0 Å². The number of carbonyl (C=O) groups excluding carboxylic acids is 1. The molecule has 1 fully saturated rings. The van der Waals surface area contributed by atoms with Crippen molar-refractivity contribution in [3.63, 3.8) is 0 Å². The number of amides is 1. The summed E-state index contributed by atoms with van der Waals surface area (Å²) in [5.74, 6) is 0.501. The molecule has 1 aliphatic rings. The Morgan fingerprint density at radius 2 is 2.21 bits per heavy atom. The molecule has 1 aliphatic carbocycles. The van der Waals surface area contributed by atoms with Crippen LogP contribution in [-0.2, 0) is 15.6 Å². The fourth-order valence-corrected chi connectivity index (χ4v) is 1.91. The summed E-state index contributed by atoms with van der Waals surface area (Å²) < 4.78 is 10.7. The molecule has 1 saturated carbocycles. The molecule has 5 heteroatoms. The number of carbonyl (C=O) groups is 1. The van der Waals surface area contributed by atoms with Crippen LogP contribution in [0.5, 0.6) is 0 Å².